The van der Waals surface area contributed by atoms with Gasteiger partial charge in [0.1, 0.15) is 0 Å². The van der Waals surface area contributed by atoms with Gasteiger partial charge in [0, 0.05) is 6.42 Å². The van der Waals surface area contributed by atoms with E-state index in [0.717, 1.165) is 5.56 Å². The second-order valence-corrected chi connectivity index (χ2v) is 7.12. The molecule has 6 nitrogen and oxygen atoms in total. The SMILES string of the molecule is C=C(C(=O)[O-])C(CC(=O)OCCc1ccccc1)(C(=O)[O-])c1cccc2ccccc12. The van der Waals surface area contributed by atoms with Crippen LogP contribution in [0, 0.1) is 0 Å². The molecule has 1 unspecified atom stereocenters. The van der Waals surface area contributed by atoms with Gasteiger partial charge in [0.05, 0.1) is 30.4 Å². The molecule has 0 fully saturated rings. The first-order valence-electron chi connectivity index (χ1n) is 9.66. The summed E-state index contributed by atoms with van der Waals surface area (Å²) in [7, 11) is 0. The average molecular weight is 416 g/mol. The van der Waals surface area contributed by atoms with Crippen molar-refractivity contribution < 1.29 is 29.3 Å². The van der Waals surface area contributed by atoms with Crippen molar-refractivity contribution in [2.45, 2.75) is 18.3 Å². The minimum atomic E-state index is -2.34. The molecular weight excluding hydrogens is 396 g/mol. The van der Waals surface area contributed by atoms with Crippen LogP contribution in [0.15, 0.2) is 84.9 Å². The van der Waals surface area contributed by atoms with Crippen molar-refractivity contribution in [3.63, 3.8) is 0 Å². The molecule has 0 N–H and O–H groups in total. The quantitative estimate of drug-likeness (QED) is 0.385. The van der Waals surface area contributed by atoms with Gasteiger partial charge in [-0.05, 0) is 27.5 Å². The molecule has 0 aliphatic heterocycles. The fourth-order valence-electron chi connectivity index (χ4n) is 3.64. The minimum absolute atomic E-state index is 0.0132. The lowest BCUT2D eigenvalue weighted by Gasteiger charge is -2.37. The highest BCUT2D eigenvalue weighted by Crippen LogP contribution is 2.39. The lowest BCUT2D eigenvalue weighted by molar-refractivity contribution is -0.317. The van der Waals surface area contributed by atoms with E-state index in [4.69, 9.17) is 4.74 Å². The van der Waals surface area contributed by atoms with E-state index in [1.807, 2.05) is 30.3 Å². The molecule has 0 radical (unpaired) electrons. The van der Waals surface area contributed by atoms with Gasteiger partial charge in [-0.25, -0.2) is 0 Å². The molecule has 0 saturated carbocycles. The maximum absolute atomic E-state index is 12.6. The van der Waals surface area contributed by atoms with Gasteiger partial charge in [0.15, 0.2) is 0 Å². The molecule has 3 rings (SSSR count). The summed E-state index contributed by atoms with van der Waals surface area (Å²) in [4.78, 5) is 36.7. The normalized spacial score (nSPS) is 12.6. The first kappa shape index (κ1) is 21.8. The molecule has 1 atom stereocenters. The Morgan fingerprint density at radius 3 is 2.19 bits per heavy atom. The van der Waals surface area contributed by atoms with E-state index in [0.29, 0.717) is 17.2 Å². The molecule has 0 aliphatic carbocycles. The highest BCUT2D eigenvalue weighted by Gasteiger charge is 2.41. The maximum Gasteiger partial charge on any atom is 0.307 e. The largest absolute Gasteiger partial charge is 0.549 e. The Hall–Kier alpha value is -3.93. The third-order valence-electron chi connectivity index (χ3n) is 5.27. The summed E-state index contributed by atoms with van der Waals surface area (Å²) in [6.45, 7) is 3.43. The second-order valence-electron chi connectivity index (χ2n) is 7.12. The number of carboxylic acid groups (broad SMARTS) is 2. The Bertz CT molecular complexity index is 1130. The number of carbonyl (C=O) groups is 3. The van der Waals surface area contributed by atoms with Gasteiger partial charge in [-0.1, -0.05) is 79.4 Å². The van der Waals surface area contributed by atoms with Crippen molar-refractivity contribution in [2.24, 2.45) is 0 Å². The number of hydrogen-bond donors (Lipinski definition) is 0. The summed E-state index contributed by atoms with van der Waals surface area (Å²) in [5.74, 6) is -4.43. The zero-order chi connectivity index (χ0) is 22.4. The lowest BCUT2D eigenvalue weighted by Crippen LogP contribution is -2.52. The van der Waals surface area contributed by atoms with Crippen LogP contribution in [-0.2, 0) is 31.0 Å². The topological polar surface area (TPSA) is 107 Å². The number of carboxylic acids is 2. The average Bonchev–Trinajstić information content (AvgIpc) is 2.77. The van der Waals surface area contributed by atoms with Crippen LogP contribution in [-0.4, -0.2) is 24.5 Å². The van der Waals surface area contributed by atoms with Crippen LogP contribution in [0.3, 0.4) is 0 Å². The van der Waals surface area contributed by atoms with Crippen LogP contribution < -0.4 is 10.2 Å². The van der Waals surface area contributed by atoms with Crippen molar-refractivity contribution in [3.05, 3.63) is 96.1 Å². The molecule has 3 aromatic carbocycles. The number of benzene rings is 3. The molecule has 158 valence electrons. The number of aliphatic carboxylic acids is 2. The first-order valence-corrected chi connectivity index (χ1v) is 9.66. The van der Waals surface area contributed by atoms with Crippen LogP contribution in [0.2, 0.25) is 0 Å². The van der Waals surface area contributed by atoms with Gasteiger partial charge in [0.2, 0.25) is 0 Å². The van der Waals surface area contributed by atoms with Gasteiger partial charge in [-0.15, -0.1) is 0 Å². The molecular formula is C25H20O6-2. The Labute approximate surface area is 179 Å². The molecule has 0 heterocycles. The van der Waals surface area contributed by atoms with Crippen LogP contribution in [0.5, 0.6) is 0 Å². The van der Waals surface area contributed by atoms with Gasteiger partial charge < -0.3 is 24.5 Å². The number of carbonyl (C=O) groups excluding carboxylic acids is 3. The van der Waals surface area contributed by atoms with Crippen molar-refractivity contribution in [2.75, 3.05) is 6.61 Å². The van der Waals surface area contributed by atoms with Crippen LogP contribution in [0.4, 0.5) is 0 Å². The van der Waals surface area contributed by atoms with E-state index in [9.17, 15) is 24.6 Å². The zero-order valence-electron chi connectivity index (χ0n) is 16.7. The molecule has 31 heavy (non-hydrogen) atoms. The molecule has 0 bridgehead atoms. The molecule has 0 aliphatic rings. The third kappa shape index (κ3) is 4.48. The smallest absolute Gasteiger partial charge is 0.307 e. The van der Waals surface area contributed by atoms with E-state index < -0.39 is 35.3 Å². The van der Waals surface area contributed by atoms with Gasteiger partial charge >= 0.3 is 5.97 Å². The summed E-state index contributed by atoms with van der Waals surface area (Å²) >= 11 is 0. The standard InChI is InChI=1S/C25H22O6/c1-17(23(27)28)25(24(29)30,21-13-7-11-19-10-5-6-12-20(19)21)16-22(26)31-15-14-18-8-3-2-4-9-18/h2-13H,1,14-16H2,(H,27,28)(H,29,30)/p-2. The van der Waals surface area contributed by atoms with E-state index in [1.54, 1.807) is 36.4 Å². The number of hydrogen-bond acceptors (Lipinski definition) is 6. The summed E-state index contributed by atoms with van der Waals surface area (Å²) in [5.41, 5.74) is -2.10. The van der Waals surface area contributed by atoms with Crippen LogP contribution in [0.1, 0.15) is 17.5 Å². The third-order valence-corrected chi connectivity index (χ3v) is 5.27. The van der Waals surface area contributed by atoms with Crippen molar-refractivity contribution in [3.8, 4) is 0 Å². The number of fused-ring (bicyclic) bond motifs is 1. The van der Waals surface area contributed by atoms with Gasteiger partial charge in [-0.2, -0.15) is 0 Å². The predicted molar refractivity (Wildman–Crippen MR) is 111 cm³/mol. The summed E-state index contributed by atoms with van der Waals surface area (Å²) < 4.78 is 5.23. The Morgan fingerprint density at radius 2 is 1.52 bits per heavy atom. The van der Waals surface area contributed by atoms with Crippen molar-refractivity contribution in [1.82, 2.24) is 0 Å². The van der Waals surface area contributed by atoms with E-state index >= 15 is 0 Å². The highest BCUT2D eigenvalue weighted by molar-refractivity contribution is 6.04. The van der Waals surface area contributed by atoms with Crippen molar-refractivity contribution >= 4 is 28.7 Å². The second kappa shape index (κ2) is 9.26. The molecule has 6 heteroatoms. The lowest BCUT2D eigenvalue weighted by atomic mass is 9.70. The summed E-state index contributed by atoms with van der Waals surface area (Å²) in [6, 6.07) is 20.9. The molecule has 0 saturated heterocycles. The van der Waals surface area contributed by atoms with Gasteiger partial charge in [0.25, 0.3) is 0 Å². The number of esters is 1. The Morgan fingerprint density at radius 1 is 0.871 bits per heavy atom. The maximum atomic E-state index is 12.6. The predicted octanol–water partition coefficient (Wildman–Crippen LogP) is 1.31. The fourth-order valence-corrected chi connectivity index (χ4v) is 3.64. The molecule has 3 aromatic rings. The zero-order valence-corrected chi connectivity index (χ0v) is 16.7. The Balaban J connectivity index is 1.96. The van der Waals surface area contributed by atoms with Crippen molar-refractivity contribution in [1.29, 1.82) is 0 Å². The minimum Gasteiger partial charge on any atom is -0.549 e. The highest BCUT2D eigenvalue weighted by atomic mass is 16.5. The molecule has 0 spiro atoms. The van der Waals surface area contributed by atoms with Crippen LogP contribution in [0.25, 0.3) is 10.8 Å². The fraction of sp³-hybridized carbons (Fsp3) is 0.160. The van der Waals surface area contributed by atoms with E-state index in [2.05, 4.69) is 6.58 Å². The molecule has 0 amide bonds. The van der Waals surface area contributed by atoms with E-state index in [-0.39, 0.29) is 12.2 Å². The molecule has 0 aromatic heterocycles. The number of rotatable bonds is 9. The monoisotopic (exact) mass is 416 g/mol. The Kier molecular flexibility index (Phi) is 6.50. The first-order chi connectivity index (χ1) is 14.9. The summed E-state index contributed by atoms with van der Waals surface area (Å²) in [6.07, 6.45) is -0.356. The summed E-state index contributed by atoms with van der Waals surface area (Å²) in [5, 5.41) is 25.2. The number of ether oxygens (including phenoxy) is 1. The van der Waals surface area contributed by atoms with E-state index in [1.165, 1.54) is 6.07 Å². The van der Waals surface area contributed by atoms with Crippen LogP contribution >= 0.6 is 0 Å². The van der Waals surface area contributed by atoms with Gasteiger partial charge in [-0.3, -0.25) is 4.79 Å².